The highest BCUT2D eigenvalue weighted by atomic mass is 19.4. The van der Waals surface area contributed by atoms with E-state index in [2.05, 4.69) is 29.2 Å². The molecule has 0 aromatic heterocycles. The molecule has 1 aliphatic rings. The van der Waals surface area contributed by atoms with Crippen LogP contribution in [-0.2, 0) is 12.7 Å². The van der Waals surface area contributed by atoms with Gasteiger partial charge in [-0.2, -0.15) is 13.2 Å². The maximum absolute atomic E-state index is 12.8. The molecular weight excluding hydrogens is 341 g/mol. The van der Waals surface area contributed by atoms with Crippen LogP contribution in [0, 0.1) is 6.92 Å². The lowest BCUT2D eigenvalue weighted by molar-refractivity contribution is -0.137. The third-order valence-corrected chi connectivity index (χ3v) is 4.62. The van der Waals surface area contributed by atoms with E-state index in [1.165, 1.54) is 23.3 Å². The Hall–Kier alpha value is -2.34. The van der Waals surface area contributed by atoms with Gasteiger partial charge in [-0.25, -0.2) is 0 Å². The number of alkyl halides is 3. The van der Waals surface area contributed by atoms with Gasteiger partial charge < -0.3 is 4.90 Å². The first-order valence-electron chi connectivity index (χ1n) is 8.57. The maximum atomic E-state index is 12.8. The van der Waals surface area contributed by atoms with Gasteiger partial charge in [-0.15, -0.1) is 0 Å². The SMILES string of the molecule is Cc1ccc(CN2CCN(C(=O)c3cccc(C(F)(F)F)c3)CC2)cc1. The number of piperazine rings is 1. The van der Waals surface area contributed by atoms with E-state index in [4.69, 9.17) is 0 Å². The molecule has 3 nitrogen and oxygen atoms in total. The lowest BCUT2D eigenvalue weighted by atomic mass is 10.1. The molecule has 6 heteroatoms. The molecule has 3 rings (SSSR count). The number of nitrogens with zero attached hydrogens (tertiary/aromatic N) is 2. The minimum Gasteiger partial charge on any atom is -0.336 e. The fourth-order valence-electron chi connectivity index (χ4n) is 3.07. The van der Waals surface area contributed by atoms with Crippen LogP contribution in [0.15, 0.2) is 48.5 Å². The molecule has 0 saturated carbocycles. The molecule has 0 atom stereocenters. The average molecular weight is 362 g/mol. The monoisotopic (exact) mass is 362 g/mol. The van der Waals surface area contributed by atoms with Crippen molar-refractivity contribution in [3.8, 4) is 0 Å². The van der Waals surface area contributed by atoms with Gasteiger partial charge in [0.2, 0.25) is 0 Å². The van der Waals surface area contributed by atoms with Crippen molar-refractivity contribution in [3.63, 3.8) is 0 Å². The number of halogens is 3. The van der Waals surface area contributed by atoms with Crippen LogP contribution in [0.2, 0.25) is 0 Å². The second kappa shape index (κ2) is 7.50. The molecule has 26 heavy (non-hydrogen) atoms. The summed E-state index contributed by atoms with van der Waals surface area (Å²) in [5.41, 5.74) is 1.73. The van der Waals surface area contributed by atoms with Crippen molar-refractivity contribution in [2.75, 3.05) is 26.2 Å². The quantitative estimate of drug-likeness (QED) is 0.825. The van der Waals surface area contributed by atoms with Crippen molar-refractivity contribution in [3.05, 3.63) is 70.8 Å². The molecule has 1 amide bonds. The highest BCUT2D eigenvalue weighted by Gasteiger charge is 2.31. The van der Waals surface area contributed by atoms with Crippen LogP contribution in [0.3, 0.4) is 0 Å². The van der Waals surface area contributed by atoms with Crippen molar-refractivity contribution in [1.29, 1.82) is 0 Å². The van der Waals surface area contributed by atoms with E-state index in [-0.39, 0.29) is 11.5 Å². The van der Waals surface area contributed by atoms with Crippen molar-refractivity contribution >= 4 is 5.91 Å². The van der Waals surface area contributed by atoms with Crippen molar-refractivity contribution < 1.29 is 18.0 Å². The van der Waals surface area contributed by atoms with Gasteiger partial charge in [0.1, 0.15) is 0 Å². The highest BCUT2D eigenvalue weighted by Crippen LogP contribution is 2.29. The summed E-state index contributed by atoms with van der Waals surface area (Å²) < 4.78 is 38.5. The standard InChI is InChI=1S/C20H21F3N2O/c1-15-5-7-16(8-6-15)14-24-9-11-25(12-10-24)19(26)17-3-2-4-18(13-17)20(21,22)23/h2-8,13H,9-12,14H2,1H3. The minimum atomic E-state index is -4.44. The first kappa shape index (κ1) is 18.5. The van der Waals surface area contributed by atoms with Crippen LogP contribution in [0.4, 0.5) is 13.2 Å². The highest BCUT2D eigenvalue weighted by molar-refractivity contribution is 5.94. The van der Waals surface area contributed by atoms with Crippen LogP contribution in [0.1, 0.15) is 27.0 Å². The zero-order valence-electron chi connectivity index (χ0n) is 14.6. The minimum absolute atomic E-state index is 0.0896. The van der Waals surface area contributed by atoms with E-state index in [1.807, 2.05) is 6.92 Å². The molecule has 2 aromatic carbocycles. The molecule has 0 aliphatic carbocycles. The zero-order chi connectivity index (χ0) is 18.7. The number of aryl methyl sites for hydroxylation is 1. The molecule has 0 spiro atoms. The van der Waals surface area contributed by atoms with Crippen LogP contribution in [0.5, 0.6) is 0 Å². The lowest BCUT2D eigenvalue weighted by Gasteiger charge is -2.35. The Morgan fingerprint density at radius 2 is 1.65 bits per heavy atom. The van der Waals surface area contributed by atoms with Crippen LogP contribution >= 0.6 is 0 Å². The van der Waals surface area contributed by atoms with E-state index >= 15 is 0 Å². The topological polar surface area (TPSA) is 23.6 Å². The molecule has 2 aromatic rings. The summed E-state index contributed by atoms with van der Waals surface area (Å²) in [5.74, 6) is -0.342. The molecule has 0 radical (unpaired) electrons. The second-order valence-corrected chi connectivity index (χ2v) is 6.63. The molecule has 1 heterocycles. The summed E-state index contributed by atoms with van der Waals surface area (Å²) in [5, 5.41) is 0. The van der Waals surface area contributed by atoms with E-state index in [9.17, 15) is 18.0 Å². The fourth-order valence-corrected chi connectivity index (χ4v) is 3.07. The Balaban J connectivity index is 1.59. The van der Waals surface area contributed by atoms with Crippen LogP contribution < -0.4 is 0 Å². The number of hydrogen-bond donors (Lipinski definition) is 0. The number of carbonyl (C=O) groups is 1. The molecular formula is C20H21F3N2O. The Morgan fingerprint density at radius 1 is 1.00 bits per heavy atom. The first-order chi connectivity index (χ1) is 12.3. The summed E-state index contributed by atoms with van der Waals surface area (Å²) >= 11 is 0. The lowest BCUT2D eigenvalue weighted by Crippen LogP contribution is -2.48. The van der Waals surface area contributed by atoms with Gasteiger partial charge in [0, 0.05) is 38.3 Å². The Morgan fingerprint density at radius 3 is 2.27 bits per heavy atom. The fraction of sp³-hybridized carbons (Fsp3) is 0.350. The van der Waals surface area contributed by atoms with Gasteiger partial charge in [0.05, 0.1) is 5.56 Å². The largest absolute Gasteiger partial charge is 0.416 e. The van der Waals surface area contributed by atoms with E-state index in [1.54, 1.807) is 4.90 Å². The third kappa shape index (κ3) is 4.43. The van der Waals surface area contributed by atoms with E-state index in [0.29, 0.717) is 26.2 Å². The Labute approximate surface area is 151 Å². The smallest absolute Gasteiger partial charge is 0.336 e. The average Bonchev–Trinajstić information content (AvgIpc) is 2.63. The van der Waals surface area contributed by atoms with Crippen LogP contribution in [-0.4, -0.2) is 41.9 Å². The molecule has 138 valence electrons. The predicted molar refractivity (Wildman–Crippen MR) is 93.8 cm³/mol. The van der Waals surface area contributed by atoms with E-state index < -0.39 is 11.7 Å². The van der Waals surface area contributed by atoms with Crippen molar-refractivity contribution in [2.45, 2.75) is 19.6 Å². The van der Waals surface area contributed by atoms with Gasteiger partial charge in [-0.1, -0.05) is 35.9 Å². The predicted octanol–water partition coefficient (Wildman–Crippen LogP) is 3.97. The van der Waals surface area contributed by atoms with Crippen molar-refractivity contribution in [1.82, 2.24) is 9.80 Å². The molecule has 0 N–H and O–H groups in total. The molecule has 0 unspecified atom stereocenters. The molecule has 0 bridgehead atoms. The van der Waals surface area contributed by atoms with Gasteiger partial charge in [-0.05, 0) is 30.7 Å². The zero-order valence-corrected chi connectivity index (χ0v) is 14.6. The Kier molecular flexibility index (Phi) is 5.32. The van der Waals surface area contributed by atoms with Gasteiger partial charge >= 0.3 is 6.18 Å². The normalized spacial score (nSPS) is 15.9. The number of hydrogen-bond acceptors (Lipinski definition) is 2. The first-order valence-corrected chi connectivity index (χ1v) is 8.57. The van der Waals surface area contributed by atoms with Gasteiger partial charge in [0.15, 0.2) is 0 Å². The summed E-state index contributed by atoms with van der Waals surface area (Å²) in [6.07, 6.45) is -4.44. The molecule has 1 fully saturated rings. The molecule has 1 saturated heterocycles. The van der Waals surface area contributed by atoms with Crippen LogP contribution in [0.25, 0.3) is 0 Å². The second-order valence-electron chi connectivity index (χ2n) is 6.63. The molecule has 1 aliphatic heterocycles. The summed E-state index contributed by atoms with van der Waals surface area (Å²) in [4.78, 5) is 16.4. The Bertz CT molecular complexity index is 763. The number of amides is 1. The number of rotatable bonds is 3. The number of carbonyl (C=O) groups excluding carboxylic acids is 1. The van der Waals surface area contributed by atoms with Gasteiger partial charge in [-0.3, -0.25) is 9.69 Å². The third-order valence-electron chi connectivity index (χ3n) is 4.62. The van der Waals surface area contributed by atoms with E-state index in [0.717, 1.165) is 18.7 Å². The van der Waals surface area contributed by atoms with Crippen molar-refractivity contribution in [2.24, 2.45) is 0 Å². The van der Waals surface area contributed by atoms with Gasteiger partial charge in [0.25, 0.3) is 5.91 Å². The maximum Gasteiger partial charge on any atom is 0.416 e. The summed E-state index contributed by atoms with van der Waals surface area (Å²) in [7, 11) is 0. The summed E-state index contributed by atoms with van der Waals surface area (Å²) in [6, 6.07) is 13.0. The number of benzene rings is 2. The summed E-state index contributed by atoms with van der Waals surface area (Å²) in [6.45, 7) is 5.30.